The summed E-state index contributed by atoms with van der Waals surface area (Å²) in [6, 6.07) is 4.09. The van der Waals surface area contributed by atoms with Crippen LogP contribution in [0.3, 0.4) is 0 Å². The molecule has 148 valence electrons. The number of alkyl halides is 3. The summed E-state index contributed by atoms with van der Waals surface area (Å²) < 4.78 is 38.8. The van der Waals surface area contributed by atoms with E-state index in [-0.39, 0.29) is 23.7 Å². The summed E-state index contributed by atoms with van der Waals surface area (Å²) in [5.41, 5.74) is 7.97. The molecule has 2 amide bonds. The van der Waals surface area contributed by atoms with Gasteiger partial charge in [0.1, 0.15) is 11.2 Å². The molecule has 1 atom stereocenters. The number of rotatable bonds is 6. The molecule has 2 aromatic rings. The number of nitrogens with two attached hydrogens (primary N) is 2. The SMILES string of the molecule is CC(NC(=O)c1csc(CCN)n1)(C(N)=O)c1cccc(C(F)(F)F)c1.Cl. The molecule has 6 nitrogen and oxygen atoms in total. The molecule has 0 aliphatic rings. The van der Waals surface area contributed by atoms with E-state index in [0.717, 1.165) is 18.2 Å². The Balaban J connectivity index is 0.00000364. The molecule has 1 heterocycles. The lowest BCUT2D eigenvalue weighted by molar-refractivity contribution is -0.137. The van der Waals surface area contributed by atoms with Crippen LogP contribution in [0.15, 0.2) is 29.6 Å². The molecule has 1 aromatic carbocycles. The van der Waals surface area contributed by atoms with E-state index in [0.29, 0.717) is 18.0 Å². The van der Waals surface area contributed by atoms with Crippen molar-refractivity contribution in [1.29, 1.82) is 0 Å². The monoisotopic (exact) mass is 422 g/mol. The third kappa shape index (κ3) is 5.18. The van der Waals surface area contributed by atoms with Crippen LogP contribution in [0.25, 0.3) is 0 Å². The van der Waals surface area contributed by atoms with Gasteiger partial charge >= 0.3 is 6.18 Å². The van der Waals surface area contributed by atoms with Crippen LogP contribution in [0.5, 0.6) is 0 Å². The number of nitrogens with one attached hydrogen (secondary N) is 1. The van der Waals surface area contributed by atoms with Crippen molar-refractivity contribution in [3.8, 4) is 0 Å². The number of carbonyl (C=O) groups excluding carboxylic acids is 2. The molecule has 0 bridgehead atoms. The maximum absolute atomic E-state index is 12.9. The lowest BCUT2D eigenvalue weighted by Crippen LogP contribution is -2.52. The van der Waals surface area contributed by atoms with Gasteiger partial charge in [0, 0.05) is 11.8 Å². The van der Waals surface area contributed by atoms with Crippen molar-refractivity contribution in [3.05, 3.63) is 51.5 Å². The minimum absolute atomic E-state index is 0. The van der Waals surface area contributed by atoms with Crippen molar-refractivity contribution in [2.75, 3.05) is 6.54 Å². The van der Waals surface area contributed by atoms with Crippen molar-refractivity contribution in [2.24, 2.45) is 11.5 Å². The summed E-state index contributed by atoms with van der Waals surface area (Å²) in [6.45, 7) is 1.60. The molecule has 0 spiro atoms. The Bertz CT molecular complexity index is 828. The summed E-state index contributed by atoms with van der Waals surface area (Å²) in [4.78, 5) is 28.4. The average Bonchev–Trinajstić information content (AvgIpc) is 3.03. The number of amides is 2. The molecule has 0 saturated heterocycles. The number of thiazole rings is 1. The number of benzene rings is 1. The van der Waals surface area contributed by atoms with Crippen molar-refractivity contribution in [2.45, 2.75) is 25.1 Å². The summed E-state index contributed by atoms with van der Waals surface area (Å²) in [5.74, 6) is -1.72. The van der Waals surface area contributed by atoms with Crippen molar-refractivity contribution < 1.29 is 22.8 Å². The molecule has 0 aliphatic heterocycles. The van der Waals surface area contributed by atoms with E-state index in [1.165, 1.54) is 29.7 Å². The maximum atomic E-state index is 12.9. The first-order valence-electron chi connectivity index (χ1n) is 7.52. The van der Waals surface area contributed by atoms with Crippen LogP contribution in [-0.4, -0.2) is 23.3 Å². The van der Waals surface area contributed by atoms with Crippen LogP contribution in [-0.2, 0) is 22.9 Å². The predicted octanol–water partition coefficient (Wildman–Crippen LogP) is 2.22. The topological polar surface area (TPSA) is 111 Å². The predicted molar refractivity (Wildman–Crippen MR) is 97.6 cm³/mol. The van der Waals surface area contributed by atoms with E-state index in [1.807, 2.05) is 0 Å². The van der Waals surface area contributed by atoms with Crippen LogP contribution in [0.2, 0.25) is 0 Å². The van der Waals surface area contributed by atoms with Gasteiger partial charge in [-0.1, -0.05) is 12.1 Å². The van der Waals surface area contributed by atoms with Crippen molar-refractivity contribution >= 4 is 35.6 Å². The number of hydrogen-bond acceptors (Lipinski definition) is 5. The normalized spacial score (nSPS) is 13.4. The fourth-order valence-electron chi connectivity index (χ4n) is 2.23. The van der Waals surface area contributed by atoms with E-state index in [4.69, 9.17) is 11.5 Å². The maximum Gasteiger partial charge on any atom is 0.416 e. The smallest absolute Gasteiger partial charge is 0.367 e. The highest BCUT2D eigenvalue weighted by molar-refractivity contribution is 7.09. The quantitative estimate of drug-likeness (QED) is 0.662. The Hall–Kier alpha value is -2.17. The number of nitrogens with zero attached hydrogens (tertiary/aromatic N) is 1. The number of aromatic nitrogens is 1. The highest BCUT2D eigenvalue weighted by Gasteiger charge is 2.38. The van der Waals surface area contributed by atoms with E-state index >= 15 is 0 Å². The van der Waals surface area contributed by atoms with Crippen LogP contribution in [0.1, 0.15) is 33.5 Å². The second-order valence-electron chi connectivity index (χ2n) is 5.69. The molecule has 0 aliphatic carbocycles. The zero-order chi connectivity index (χ0) is 19.5. The van der Waals surface area contributed by atoms with Crippen LogP contribution < -0.4 is 16.8 Å². The summed E-state index contributed by atoms with van der Waals surface area (Å²) in [5, 5.41) is 4.51. The second kappa shape index (κ2) is 8.68. The standard InChI is InChI=1S/C16H17F3N4O2S.ClH/c1-15(14(21)25,9-3-2-4-10(7-9)16(17,18)19)23-13(24)11-8-26-12(22-11)5-6-20;/h2-4,7-8H,5-6,20H2,1H3,(H2,21,25)(H,23,24);1H. The third-order valence-corrected chi connectivity index (χ3v) is 4.67. The Morgan fingerprint density at radius 1 is 1.26 bits per heavy atom. The number of halogens is 4. The third-order valence-electron chi connectivity index (χ3n) is 3.77. The fourth-order valence-corrected chi connectivity index (χ4v) is 3.02. The molecule has 11 heteroatoms. The summed E-state index contributed by atoms with van der Waals surface area (Å²) in [6.07, 6.45) is -4.11. The molecular weight excluding hydrogens is 405 g/mol. The molecule has 2 rings (SSSR count). The van der Waals surface area contributed by atoms with Crippen molar-refractivity contribution in [1.82, 2.24) is 10.3 Å². The van der Waals surface area contributed by atoms with Gasteiger partial charge in [-0.25, -0.2) is 4.98 Å². The molecule has 1 aromatic heterocycles. The lowest BCUT2D eigenvalue weighted by Gasteiger charge is -2.28. The van der Waals surface area contributed by atoms with Crippen LogP contribution in [0.4, 0.5) is 13.2 Å². The first-order valence-corrected chi connectivity index (χ1v) is 8.40. The average molecular weight is 423 g/mol. The molecule has 0 saturated carbocycles. The number of carbonyl (C=O) groups is 2. The Morgan fingerprint density at radius 3 is 2.44 bits per heavy atom. The molecular formula is C16H18ClF3N4O2S. The van der Waals surface area contributed by atoms with E-state index in [9.17, 15) is 22.8 Å². The van der Waals surface area contributed by atoms with Crippen LogP contribution in [0, 0.1) is 0 Å². The Labute approximate surface area is 163 Å². The van der Waals surface area contributed by atoms with Gasteiger partial charge in [0.2, 0.25) is 5.91 Å². The fraction of sp³-hybridized carbons (Fsp3) is 0.312. The van der Waals surface area contributed by atoms with Gasteiger partial charge in [-0.3, -0.25) is 9.59 Å². The summed E-state index contributed by atoms with van der Waals surface area (Å²) >= 11 is 1.22. The van der Waals surface area contributed by atoms with Gasteiger partial charge in [-0.05, 0) is 31.2 Å². The van der Waals surface area contributed by atoms with Crippen LogP contribution >= 0.6 is 23.7 Å². The second-order valence-corrected chi connectivity index (χ2v) is 6.63. The Kier molecular flexibility index (Phi) is 7.35. The molecule has 0 fully saturated rings. The molecule has 5 N–H and O–H groups in total. The number of hydrogen-bond donors (Lipinski definition) is 3. The van der Waals surface area contributed by atoms with E-state index < -0.39 is 29.1 Å². The first kappa shape index (κ1) is 22.9. The van der Waals surface area contributed by atoms with Crippen molar-refractivity contribution in [3.63, 3.8) is 0 Å². The van der Waals surface area contributed by atoms with Gasteiger partial charge in [0.15, 0.2) is 0 Å². The summed E-state index contributed by atoms with van der Waals surface area (Å²) in [7, 11) is 0. The van der Waals surface area contributed by atoms with E-state index in [1.54, 1.807) is 0 Å². The Morgan fingerprint density at radius 2 is 1.89 bits per heavy atom. The van der Waals surface area contributed by atoms with Gasteiger partial charge in [-0.2, -0.15) is 13.2 Å². The minimum Gasteiger partial charge on any atom is -0.367 e. The zero-order valence-corrected chi connectivity index (χ0v) is 15.8. The first-order chi connectivity index (χ1) is 12.1. The van der Waals surface area contributed by atoms with Gasteiger partial charge < -0.3 is 16.8 Å². The lowest BCUT2D eigenvalue weighted by atomic mass is 9.89. The zero-order valence-electron chi connectivity index (χ0n) is 14.2. The minimum atomic E-state index is -4.59. The number of primary amides is 1. The van der Waals surface area contributed by atoms with Gasteiger partial charge in [-0.15, -0.1) is 23.7 Å². The highest BCUT2D eigenvalue weighted by Crippen LogP contribution is 2.32. The molecule has 1 unspecified atom stereocenters. The van der Waals surface area contributed by atoms with E-state index in [2.05, 4.69) is 10.3 Å². The van der Waals surface area contributed by atoms with Gasteiger partial charge in [0.25, 0.3) is 5.91 Å². The molecule has 0 radical (unpaired) electrons. The molecule has 27 heavy (non-hydrogen) atoms. The van der Waals surface area contributed by atoms with Gasteiger partial charge in [0.05, 0.1) is 10.6 Å². The largest absolute Gasteiger partial charge is 0.416 e. The highest BCUT2D eigenvalue weighted by atomic mass is 35.5.